The summed E-state index contributed by atoms with van der Waals surface area (Å²) in [4.78, 5) is 6.70. The number of aromatic nitrogens is 2. The minimum absolute atomic E-state index is 0.197. The third-order valence-electron chi connectivity index (χ3n) is 5.27. The number of aliphatic hydroxyl groups is 1. The van der Waals surface area contributed by atoms with Crippen LogP contribution in [-0.4, -0.2) is 65.6 Å². The highest BCUT2D eigenvalue weighted by Crippen LogP contribution is 2.37. The van der Waals surface area contributed by atoms with Gasteiger partial charge in [-0.15, -0.1) is 0 Å². The van der Waals surface area contributed by atoms with Crippen LogP contribution in [0, 0.1) is 5.41 Å². The van der Waals surface area contributed by atoms with Gasteiger partial charge in [-0.1, -0.05) is 6.42 Å². The Morgan fingerprint density at radius 2 is 2.07 bits per heavy atom. The number of nitrogens with zero attached hydrogens (tertiary/aromatic N) is 3. The number of hydrogen-bond acceptors (Lipinski definition) is 7. The van der Waals surface area contributed by atoms with Crippen molar-refractivity contribution in [2.75, 3.05) is 45.2 Å². The Hall–Kier alpha value is -2.32. The second-order valence-electron chi connectivity index (χ2n) is 7.18. The van der Waals surface area contributed by atoms with Gasteiger partial charge in [0.15, 0.2) is 11.5 Å². The van der Waals surface area contributed by atoms with Crippen LogP contribution in [0.4, 0.5) is 5.82 Å². The zero-order valence-corrected chi connectivity index (χ0v) is 15.7. The van der Waals surface area contributed by atoms with Gasteiger partial charge in [-0.2, -0.15) is 0 Å². The number of fused-ring (bicyclic) bond motifs is 3. The maximum absolute atomic E-state index is 10.3. The molecule has 1 aromatic carbocycles. The number of nitrogens with one attached hydrogen (secondary N) is 2. The van der Waals surface area contributed by atoms with Crippen LogP contribution in [0.3, 0.4) is 0 Å². The van der Waals surface area contributed by atoms with Gasteiger partial charge in [0.05, 0.1) is 7.11 Å². The van der Waals surface area contributed by atoms with Crippen LogP contribution in [0.2, 0.25) is 0 Å². The van der Waals surface area contributed by atoms with Crippen LogP contribution in [0.5, 0.6) is 11.5 Å². The van der Waals surface area contributed by atoms with Crippen molar-refractivity contribution in [2.45, 2.75) is 31.9 Å². The molecule has 4 rings (SSSR count). The number of methoxy groups -OCH3 is 1. The molecule has 8 nitrogen and oxygen atoms in total. The number of anilines is 1. The SMILES string of the molecule is COc1c(OC[C@@H](O)CN2CCCCC2)ccc2c3n(c(=N)nc12)CCN3. The molecule has 0 radical (unpaired) electrons. The van der Waals surface area contributed by atoms with Crippen LogP contribution in [0.15, 0.2) is 12.1 Å². The van der Waals surface area contributed by atoms with Crippen molar-refractivity contribution in [2.24, 2.45) is 0 Å². The fourth-order valence-electron chi connectivity index (χ4n) is 3.96. The van der Waals surface area contributed by atoms with Gasteiger partial charge in [0.25, 0.3) is 0 Å². The standard InChI is InChI=1S/C19H27N5O3/c1-26-17-15(27-12-13(25)11-23-8-3-2-4-9-23)6-5-14-16(17)22-19(20)24-10-7-21-18(14)24/h5-6,13,20-21,25H,2-4,7-12H2,1H3/t13-/m0/s1. The van der Waals surface area contributed by atoms with Gasteiger partial charge in [-0.3, -0.25) is 9.98 Å². The molecule has 3 N–H and O–H groups in total. The molecule has 0 amide bonds. The van der Waals surface area contributed by atoms with E-state index in [9.17, 15) is 5.11 Å². The van der Waals surface area contributed by atoms with Crippen molar-refractivity contribution in [1.29, 1.82) is 5.41 Å². The molecule has 0 aliphatic carbocycles. The van der Waals surface area contributed by atoms with E-state index in [-0.39, 0.29) is 12.2 Å². The lowest BCUT2D eigenvalue weighted by Gasteiger charge is -2.28. The summed E-state index contributed by atoms with van der Waals surface area (Å²) in [5.74, 6) is 1.93. The smallest absolute Gasteiger partial charge is 0.224 e. The summed E-state index contributed by atoms with van der Waals surface area (Å²) in [6.45, 7) is 4.43. The van der Waals surface area contributed by atoms with E-state index in [2.05, 4.69) is 15.2 Å². The molecule has 0 spiro atoms. The van der Waals surface area contributed by atoms with Gasteiger partial charge < -0.3 is 24.8 Å². The molecule has 1 saturated heterocycles. The third-order valence-corrected chi connectivity index (χ3v) is 5.27. The summed E-state index contributed by atoms with van der Waals surface area (Å²) in [5, 5.41) is 22.7. The van der Waals surface area contributed by atoms with Crippen LogP contribution in [0.1, 0.15) is 19.3 Å². The van der Waals surface area contributed by atoms with E-state index in [0.717, 1.165) is 37.4 Å². The second kappa shape index (κ2) is 7.74. The molecule has 146 valence electrons. The van der Waals surface area contributed by atoms with E-state index in [1.54, 1.807) is 7.11 Å². The highest BCUT2D eigenvalue weighted by molar-refractivity contribution is 5.95. The van der Waals surface area contributed by atoms with Gasteiger partial charge in [0.2, 0.25) is 5.62 Å². The Kier molecular flexibility index (Phi) is 5.18. The summed E-state index contributed by atoms with van der Waals surface area (Å²) in [5.41, 5.74) is 0.800. The topological polar surface area (TPSA) is 95.6 Å². The van der Waals surface area contributed by atoms with Gasteiger partial charge in [0.1, 0.15) is 24.0 Å². The average molecular weight is 373 g/mol. The molecule has 2 aromatic rings. The van der Waals surface area contributed by atoms with Gasteiger partial charge in [0, 0.05) is 25.0 Å². The number of likely N-dealkylation sites (tertiary alicyclic amines) is 1. The number of rotatable bonds is 6. The maximum Gasteiger partial charge on any atom is 0.224 e. The number of hydrogen-bond donors (Lipinski definition) is 3. The zero-order chi connectivity index (χ0) is 18.8. The molecule has 2 aliphatic heterocycles. The molecule has 2 aliphatic rings. The van der Waals surface area contributed by atoms with E-state index < -0.39 is 6.10 Å². The lowest BCUT2D eigenvalue weighted by atomic mass is 10.1. The van der Waals surface area contributed by atoms with Crippen LogP contribution < -0.4 is 20.4 Å². The first-order chi connectivity index (χ1) is 13.2. The molecule has 8 heteroatoms. The number of piperidine rings is 1. The highest BCUT2D eigenvalue weighted by Gasteiger charge is 2.21. The van der Waals surface area contributed by atoms with Gasteiger partial charge in [-0.25, -0.2) is 4.98 Å². The zero-order valence-electron chi connectivity index (χ0n) is 15.7. The summed E-state index contributed by atoms with van der Waals surface area (Å²) in [6, 6.07) is 3.78. The average Bonchev–Trinajstić information content (AvgIpc) is 3.17. The van der Waals surface area contributed by atoms with Crippen molar-refractivity contribution in [1.82, 2.24) is 14.5 Å². The third kappa shape index (κ3) is 3.59. The largest absolute Gasteiger partial charge is 0.491 e. The predicted octanol–water partition coefficient (Wildman–Crippen LogP) is 1.18. The van der Waals surface area contributed by atoms with Crippen molar-refractivity contribution < 1.29 is 14.6 Å². The Labute approximate surface area is 158 Å². The normalized spacial score (nSPS) is 18.1. The fraction of sp³-hybridized carbons (Fsp3) is 0.579. The Morgan fingerprint density at radius 1 is 1.26 bits per heavy atom. The number of ether oxygens (including phenoxy) is 2. The quantitative estimate of drug-likeness (QED) is 0.704. The Bertz CT molecular complexity index is 876. The minimum atomic E-state index is -0.555. The summed E-state index contributed by atoms with van der Waals surface area (Å²) < 4.78 is 13.3. The fourth-order valence-corrected chi connectivity index (χ4v) is 3.96. The first kappa shape index (κ1) is 18.1. The van der Waals surface area contributed by atoms with Crippen LogP contribution >= 0.6 is 0 Å². The monoisotopic (exact) mass is 373 g/mol. The molecule has 1 atom stereocenters. The van der Waals surface area contributed by atoms with E-state index in [1.807, 2.05) is 16.7 Å². The predicted molar refractivity (Wildman–Crippen MR) is 102 cm³/mol. The molecule has 3 heterocycles. The Balaban J connectivity index is 1.53. The van der Waals surface area contributed by atoms with E-state index in [0.29, 0.717) is 23.6 Å². The van der Waals surface area contributed by atoms with E-state index >= 15 is 0 Å². The number of benzene rings is 1. The number of β-amino-alcohol motifs (C(OH)–C–C–N with tert-alkyl or cyclic N) is 1. The second-order valence-corrected chi connectivity index (χ2v) is 7.18. The molecule has 0 unspecified atom stereocenters. The lowest BCUT2D eigenvalue weighted by molar-refractivity contribution is 0.0609. The van der Waals surface area contributed by atoms with E-state index in [4.69, 9.17) is 14.9 Å². The van der Waals surface area contributed by atoms with Crippen LogP contribution in [-0.2, 0) is 6.54 Å². The Morgan fingerprint density at radius 3 is 2.85 bits per heavy atom. The first-order valence-electron chi connectivity index (χ1n) is 9.60. The molecule has 27 heavy (non-hydrogen) atoms. The molecule has 0 saturated carbocycles. The van der Waals surface area contributed by atoms with Crippen molar-refractivity contribution >= 4 is 16.7 Å². The summed E-state index contributed by atoms with van der Waals surface area (Å²) in [6.07, 6.45) is 3.12. The maximum atomic E-state index is 10.3. The minimum Gasteiger partial charge on any atom is -0.491 e. The highest BCUT2D eigenvalue weighted by atomic mass is 16.5. The van der Waals surface area contributed by atoms with Crippen LogP contribution in [0.25, 0.3) is 10.9 Å². The molecule has 0 bridgehead atoms. The summed E-state index contributed by atoms with van der Waals surface area (Å²) >= 11 is 0. The molecular weight excluding hydrogens is 346 g/mol. The van der Waals surface area contributed by atoms with Crippen molar-refractivity contribution in [3.05, 3.63) is 17.8 Å². The molecular formula is C19H27N5O3. The first-order valence-corrected chi connectivity index (χ1v) is 9.60. The number of aliphatic hydroxyl groups excluding tert-OH is 1. The van der Waals surface area contributed by atoms with Crippen molar-refractivity contribution in [3.63, 3.8) is 0 Å². The molecule has 1 fully saturated rings. The van der Waals surface area contributed by atoms with Gasteiger partial charge >= 0.3 is 0 Å². The van der Waals surface area contributed by atoms with Gasteiger partial charge in [-0.05, 0) is 38.1 Å². The summed E-state index contributed by atoms with van der Waals surface area (Å²) in [7, 11) is 1.57. The van der Waals surface area contributed by atoms with Crippen molar-refractivity contribution in [3.8, 4) is 11.5 Å². The van der Waals surface area contributed by atoms with E-state index in [1.165, 1.54) is 19.3 Å². The molecule has 1 aromatic heterocycles. The lowest BCUT2D eigenvalue weighted by Crippen LogP contribution is -2.38.